The van der Waals surface area contributed by atoms with Gasteiger partial charge in [-0.15, -0.1) is 0 Å². The first-order valence-corrected chi connectivity index (χ1v) is 5.61. The third kappa shape index (κ3) is 1.98. The molecule has 4 nitrogen and oxygen atoms in total. The molecule has 1 fully saturated rings. The van der Waals surface area contributed by atoms with E-state index in [-0.39, 0.29) is 11.9 Å². The second-order valence-electron chi connectivity index (χ2n) is 4.18. The number of halogens is 1. The van der Waals surface area contributed by atoms with Crippen molar-refractivity contribution in [2.75, 3.05) is 14.2 Å². The van der Waals surface area contributed by atoms with Gasteiger partial charge in [-0.2, -0.15) is 0 Å². The summed E-state index contributed by atoms with van der Waals surface area (Å²) in [6.45, 7) is 0. The molecule has 2 atom stereocenters. The number of ether oxygens (including phenoxy) is 2. The van der Waals surface area contributed by atoms with Crippen molar-refractivity contribution in [3.63, 3.8) is 0 Å². The molecule has 0 amide bonds. The molecule has 2 N–H and O–H groups in total. The van der Waals surface area contributed by atoms with Gasteiger partial charge in [0.15, 0.2) is 0 Å². The number of rotatable bonds is 3. The number of carbonyl (C=O) groups excluding carboxylic acids is 1. The highest BCUT2D eigenvalue weighted by Gasteiger charge is 2.58. The van der Waals surface area contributed by atoms with Gasteiger partial charge in [0.2, 0.25) is 0 Å². The van der Waals surface area contributed by atoms with E-state index in [0.717, 1.165) is 5.56 Å². The quantitative estimate of drug-likeness (QED) is 0.836. The molecule has 0 saturated heterocycles. The molecule has 0 aromatic heterocycles. The molecule has 0 bridgehead atoms. The topological polar surface area (TPSA) is 61.5 Å². The molecule has 92 valence electrons. The number of benzene rings is 1. The summed E-state index contributed by atoms with van der Waals surface area (Å²) in [7, 11) is 2.90. The number of nitrogens with two attached hydrogens (primary N) is 1. The van der Waals surface area contributed by atoms with Gasteiger partial charge < -0.3 is 15.2 Å². The van der Waals surface area contributed by atoms with Crippen molar-refractivity contribution < 1.29 is 14.3 Å². The van der Waals surface area contributed by atoms with Crippen molar-refractivity contribution in [2.45, 2.75) is 17.9 Å². The van der Waals surface area contributed by atoms with Gasteiger partial charge in [0.1, 0.15) is 11.3 Å². The Balaban J connectivity index is 2.21. The zero-order valence-corrected chi connectivity index (χ0v) is 10.5. The molecule has 2 unspecified atom stereocenters. The molecule has 1 saturated carbocycles. The first-order valence-electron chi connectivity index (χ1n) is 5.23. The maximum absolute atomic E-state index is 11.5. The van der Waals surface area contributed by atoms with Crippen molar-refractivity contribution >= 4 is 17.6 Å². The standard InChI is InChI=1S/C12H14ClNO3/c1-16-10-4-3-7(5-9(10)13)8-6-12(8,14)11(15)17-2/h3-5,8H,6,14H2,1-2H3. The number of hydrogen-bond acceptors (Lipinski definition) is 4. The third-order valence-corrected chi connectivity index (χ3v) is 3.44. The van der Waals surface area contributed by atoms with Gasteiger partial charge in [-0.05, 0) is 24.1 Å². The molecule has 2 rings (SSSR count). The van der Waals surface area contributed by atoms with Crippen LogP contribution in [0.2, 0.25) is 5.02 Å². The van der Waals surface area contributed by atoms with Crippen molar-refractivity contribution in [3.8, 4) is 5.75 Å². The lowest BCUT2D eigenvalue weighted by molar-refractivity contribution is -0.143. The molecule has 0 radical (unpaired) electrons. The lowest BCUT2D eigenvalue weighted by Crippen LogP contribution is -2.35. The Morgan fingerprint density at radius 3 is 2.76 bits per heavy atom. The van der Waals surface area contributed by atoms with E-state index in [4.69, 9.17) is 22.1 Å². The summed E-state index contributed by atoms with van der Waals surface area (Å²) < 4.78 is 9.75. The Hall–Kier alpha value is -1.26. The minimum Gasteiger partial charge on any atom is -0.495 e. The molecule has 1 aliphatic carbocycles. The number of hydrogen-bond donors (Lipinski definition) is 1. The summed E-state index contributed by atoms with van der Waals surface area (Å²) in [4.78, 5) is 11.5. The van der Waals surface area contributed by atoms with E-state index in [9.17, 15) is 4.79 Å². The maximum atomic E-state index is 11.5. The van der Waals surface area contributed by atoms with Gasteiger partial charge in [0.05, 0.1) is 19.2 Å². The van der Waals surface area contributed by atoms with Crippen molar-refractivity contribution in [1.82, 2.24) is 0 Å². The summed E-state index contributed by atoms with van der Waals surface area (Å²) in [5.74, 6) is 0.199. The van der Waals surface area contributed by atoms with Gasteiger partial charge in [0.25, 0.3) is 0 Å². The van der Waals surface area contributed by atoms with Crippen LogP contribution in [0.1, 0.15) is 17.9 Å². The first-order chi connectivity index (χ1) is 8.02. The highest BCUT2D eigenvalue weighted by atomic mass is 35.5. The van der Waals surface area contributed by atoms with Crippen LogP contribution in [0.5, 0.6) is 5.75 Å². The Labute approximate surface area is 105 Å². The van der Waals surface area contributed by atoms with Crippen molar-refractivity contribution in [1.29, 1.82) is 0 Å². The van der Waals surface area contributed by atoms with E-state index >= 15 is 0 Å². The zero-order valence-electron chi connectivity index (χ0n) is 9.70. The Morgan fingerprint density at radius 2 is 2.24 bits per heavy atom. The first kappa shape index (κ1) is 12.2. The van der Waals surface area contributed by atoms with Crippen LogP contribution in [-0.2, 0) is 9.53 Å². The average Bonchev–Trinajstić information content (AvgIpc) is 3.02. The van der Waals surface area contributed by atoms with Gasteiger partial charge in [-0.25, -0.2) is 0 Å². The van der Waals surface area contributed by atoms with Crippen LogP contribution in [0.15, 0.2) is 18.2 Å². The molecule has 1 aromatic rings. The monoisotopic (exact) mass is 255 g/mol. The molecule has 0 heterocycles. The fraction of sp³-hybridized carbons (Fsp3) is 0.417. The second-order valence-corrected chi connectivity index (χ2v) is 4.59. The van der Waals surface area contributed by atoms with E-state index in [0.29, 0.717) is 17.2 Å². The van der Waals surface area contributed by atoms with Gasteiger partial charge in [0, 0.05) is 5.92 Å². The van der Waals surface area contributed by atoms with Crippen molar-refractivity contribution in [2.24, 2.45) is 5.73 Å². The van der Waals surface area contributed by atoms with Crippen LogP contribution >= 0.6 is 11.6 Å². The van der Waals surface area contributed by atoms with Crippen LogP contribution in [0, 0.1) is 0 Å². The molecule has 0 spiro atoms. The van der Waals surface area contributed by atoms with Crippen molar-refractivity contribution in [3.05, 3.63) is 28.8 Å². The van der Waals surface area contributed by atoms with E-state index in [2.05, 4.69) is 4.74 Å². The summed E-state index contributed by atoms with van der Waals surface area (Å²) in [5.41, 5.74) is 5.99. The van der Waals surface area contributed by atoms with E-state index in [1.165, 1.54) is 7.11 Å². The van der Waals surface area contributed by atoms with Crippen LogP contribution in [-0.4, -0.2) is 25.7 Å². The highest BCUT2D eigenvalue weighted by Crippen LogP contribution is 2.51. The largest absolute Gasteiger partial charge is 0.495 e. The van der Waals surface area contributed by atoms with Crippen LogP contribution in [0.4, 0.5) is 0 Å². The summed E-state index contributed by atoms with van der Waals surface area (Å²) in [6, 6.07) is 5.42. The summed E-state index contributed by atoms with van der Waals surface area (Å²) in [6.07, 6.45) is 0.586. The Bertz CT molecular complexity index is 463. The minimum absolute atomic E-state index is 0.0293. The molecule has 5 heteroatoms. The van der Waals surface area contributed by atoms with E-state index in [1.807, 2.05) is 6.07 Å². The van der Waals surface area contributed by atoms with E-state index < -0.39 is 5.54 Å². The molecule has 1 aliphatic rings. The van der Waals surface area contributed by atoms with Gasteiger partial charge >= 0.3 is 5.97 Å². The van der Waals surface area contributed by atoms with Crippen LogP contribution in [0.3, 0.4) is 0 Å². The highest BCUT2D eigenvalue weighted by molar-refractivity contribution is 6.32. The smallest absolute Gasteiger partial charge is 0.326 e. The molecular formula is C12H14ClNO3. The van der Waals surface area contributed by atoms with Crippen LogP contribution in [0.25, 0.3) is 0 Å². The Kier molecular flexibility index (Phi) is 3.02. The minimum atomic E-state index is -0.896. The fourth-order valence-electron chi connectivity index (χ4n) is 2.01. The second kappa shape index (κ2) is 4.20. The predicted octanol–water partition coefficient (Wildman–Crippen LogP) is 1.71. The van der Waals surface area contributed by atoms with Crippen LogP contribution < -0.4 is 10.5 Å². The van der Waals surface area contributed by atoms with E-state index in [1.54, 1.807) is 19.2 Å². The number of methoxy groups -OCH3 is 2. The number of esters is 1. The molecule has 17 heavy (non-hydrogen) atoms. The van der Waals surface area contributed by atoms with Gasteiger partial charge in [-0.3, -0.25) is 4.79 Å². The normalized spacial score (nSPS) is 26.5. The molecule has 1 aromatic carbocycles. The lowest BCUT2D eigenvalue weighted by Gasteiger charge is -2.10. The Morgan fingerprint density at radius 1 is 1.53 bits per heavy atom. The predicted molar refractivity (Wildman–Crippen MR) is 64.3 cm³/mol. The number of carbonyl (C=O) groups is 1. The lowest BCUT2D eigenvalue weighted by atomic mass is 10.1. The maximum Gasteiger partial charge on any atom is 0.326 e. The fourth-order valence-corrected chi connectivity index (χ4v) is 2.28. The average molecular weight is 256 g/mol. The third-order valence-electron chi connectivity index (χ3n) is 3.15. The zero-order chi connectivity index (χ0) is 12.6. The molecule has 0 aliphatic heterocycles. The molecular weight excluding hydrogens is 242 g/mol. The SMILES string of the molecule is COC(=O)C1(N)CC1c1ccc(OC)c(Cl)c1. The summed E-state index contributed by atoms with van der Waals surface area (Å²) >= 11 is 6.03. The summed E-state index contributed by atoms with van der Waals surface area (Å²) in [5, 5.41) is 0.518. The van der Waals surface area contributed by atoms with Gasteiger partial charge in [-0.1, -0.05) is 17.7 Å².